The van der Waals surface area contributed by atoms with Crippen molar-refractivity contribution in [2.75, 3.05) is 6.61 Å². The zero-order valence-corrected chi connectivity index (χ0v) is 19.3. The Hall–Kier alpha value is -2.83. The molecule has 0 saturated heterocycles. The molecule has 0 bridgehead atoms. The van der Waals surface area contributed by atoms with Gasteiger partial charge >= 0.3 is 0 Å². The van der Waals surface area contributed by atoms with Gasteiger partial charge in [-0.15, -0.1) is 0 Å². The molecule has 0 unspecified atom stereocenters. The smallest absolute Gasteiger partial charge is 0.244 e. The van der Waals surface area contributed by atoms with Crippen molar-refractivity contribution >= 4 is 39.7 Å². The normalized spacial score (nSPS) is 10.8. The highest BCUT2D eigenvalue weighted by Gasteiger charge is 2.08. The molecule has 0 spiro atoms. The zero-order valence-electron chi connectivity index (χ0n) is 17.0. The summed E-state index contributed by atoms with van der Waals surface area (Å²) < 4.78 is 12.6. The molecule has 7 heteroatoms. The molecule has 3 aromatic rings. The van der Waals surface area contributed by atoms with Crippen LogP contribution in [0.4, 0.5) is 0 Å². The zero-order chi connectivity index (χ0) is 22.1. The van der Waals surface area contributed by atoms with E-state index >= 15 is 0 Å². The predicted octanol–water partition coefficient (Wildman–Crippen LogP) is 5.77. The van der Waals surface area contributed by atoms with E-state index in [-0.39, 0.29) is 12.3 Å². The van der Waals surface area contributed by atoms with E-state index in [1.165, 1.54) is 0 Å². The lowest BCUT2D eigenvalue weighted by Crippen LogP contribution is -2.19. The molecular weight excluding hydrogens is 480 g/mol. The van der Waals surface area contributed by atoms with E-state index in [1.807, 2.05) is 73.7 Å². The second kappa shape index (κ2) is 11.5. The van der Waals surface area contributed by atoms with E-state index in [0.29, 0.717) is 29.7 Å². The standard InChI is InChI=1S/C24H22BrClN2O3/c1-2-30-23-13-18(9-12-22(23)31-16-19-5-3-4-6-21(19)26)15-27-28-24(29)14-17-7-10-20(25)11-8-17/h3-13,15H,2,14,16H2,1H3,(H,28,29)/b27-15+. The Morgan fingerprint density at radius 1 is 1.06 bits per heavy atom. The number of nitrogens with zero attached hydrogens (tertiary/aromatic N) is 1. The summed E-state index contributed by atoms with van der Waals surface area (Å²) in [6.07, 6.45) is 1.82. The van der Waals surface area contributed by atoms with Crippen LogP contribution in [0.1, 0.15) is 23.6 Å². The lowest BCUT2D eigenvalue weighted by atomic mass is 10.1. The number of ether oxygens (including phenoxy) is 2. The van der Waals surface area contributed by atoms with Crippen molar-refractivity contribution in [1.29, 1.82) is 0 Å². The van der Waals surface area contributed by atoms with E-state index in [2.05, 4.69) is 26.5 Å². The molecule has 31 heavy (non-hydrogen) atoms. The van der Waals surface area contributed by atoms with Crippen LogP contribution in [0, 0.1) is 0 Å². The number of nitrogens with one attached hydrogen (secondary N) is 1. The van der Waals surface area contributed by atoms with E-state index < -0.39 is 0 Å². The molecular formula is C24H22BrClN2O3. The van der Waals surface area contributed by atoms with Crippen LogP contribution in [0.25, 0.3) is 0 Å². The van der Waals surface area contributed by atoms with Crippen molar-refractivity contribution in [2.45, 2.75) is 20.0 Å². The van der Waals surface area contributed by atoms with E-state index in [0.717, 1.165) is 21.2 Å². The van der Waals surface area contributed by atoms with Crippen molar-refractivity contribution in [1.82, 2.24) is 5.43 Å². The number of amides is 1. The topological polar surface area (TPSA) is 59.9 Å². The number of carbonyl (C=O) groups is 1. The molecule has 1 amide bonds. The number of carbonyl (C=O) groups excluding carboxylic acids is 1. The third kappa shape index (κ3) is 7.12. The van der Waals surface area contributed by atoms with Crippen LogP contribution >= 0.6 is 27.5 Å². The van der Waals surface area contributed by atoms with Gasteiger partial charge in [0.05, 0.1) is 19.2 Å². The minimum Gasteiger partial charge on any atom is -0.490 e. The van der Waals surface area contributed by atoms with Gasteiger partial charge in [-0.25, -0.2) is 5.43 Å². The average molecular weight is 502 g/mol. The van der Waals surface area contributed by atoms with Crippen LogP contribution in [0.15, 0.2) is 76.3 Å². The number of hydrogen-bond acceptors (Lipinski definition) is 4. The van der Waals surface area contributed by atoms with Crippen LogP contribution in [-0.2, 0) is 17.8 Å². The Bertz CT molecular complexity index is 1050. The average Bonchev–Trinajstić information content (AvgIpc) is 2.76. The van der Waals surface area contributed by atoms with Crippen molar-refractivity contribution in [2.24, 2.45) is 5.10 Å². The summed E-state index contributed by atoms with van der Waals surface area (Å²) in [5.41, 5.74) is 5.13. The molecule has 0 radical (unpaired) electrons. The molecule has 0 atom stereocenters. The summed E-state index contributed by atoms with van der Waals surface area (Å²) >= 11 is 9.57. The van der Waals surface area contributed by atoms with Crippen LogP contribution in [0.2, 0.25) is 5.02 Å². The number of hydrazone groups is 1. The number of benzene rings is 3. The van der Waals surface area contributed by atoms with Gasteiger partial charge in [-0.1, -0.05) is 57.9 Å². The fraction of sp³-hybridized carbons (Fsp3) is 0.167. The molecule has 0 saturated carbocycles. The van der Waals surface area contributed by atoms with Crippen molar-refractivity contribution in [3.8, 4) is 11.5 Å². The summed E-state index contributed by atoms with van der Waals surface area (Å²) in [4.78, 5) is 12.1. The molecule has 1 N–H and O–H groups in total. The Morgan fingerprint density at radius 3 is 2.58 bits per heavy atom. The molecule has 3 rings (SSSR count). The molecule has 0 fully saturated rings. The highest BCUT2D eigenvalue weighted by Crippen LogP contribution is 2.29. The lowest BCUT2D eigenvalue weighted by molar-refractivity contribution is -0.120. The minimum absolute atomic E-state index is 0.191. The van der Waals surface area contributed by atoms with Gasteiger partial charge in [0.15, 0.2) is 11.5 Å². The summed E-state index contributed by atoms with van der Waals surface area (Å²) in [6, 6.07) is 20.6. The number of halogens is 2. The van der Waals surface area contributed by atoms with Crippen LogP contribution in [-0.4, -0.2) is 18.7 Å². The van der Waals surface area contributed by atoms with Crippen LogP contribution < -0.4 is 14.9 Å². The van der Waals surface area contributed by atoms with Gasteiger partial charge < -0.3 is 9.47 Å². The highest BCUT2D eigenvalue weighted by molar-refractivity contribution is 9.10. The third-order valence-corrected chi connectivity index (χ3v) is 5.19. The summed E-state index contributed by atoms with van der Waals surface area (Å²) in [6.45, 7) is 2.73. The van der Waals surface area contributed by atoms with Gasteiger partial charge in [0, 0.05) is 15.1 Å². The van der Waals surface area contributed by atoms with Gasteiger partial charge in [0.2, 0.25) is 5.91 Å². The minimum atomic E-state index is -0.191. The van der Waals surface area contributed by atoms with Gasteiger partial charge in [-0.05, 0) is 54.4 Å². The number of rotatable bonds is 9. The Balaban J connectivity index is 1.60. The molecule has 0 aromatic heterocycles. The SMILES string of the molecule is CCOc1cc(/C=N/NC(=O)Cc2ccc(Br)cc2)ccc1OCc1ccccc1Cl. The van der Waals surface area contributed by atoms with Crippen molar-refractivity contribution in [3.05, 3.63) is 92.9 Å². The van der Waals surface area contributed by atoms with E-state index in [9.17, 15) is 4.79 Å². The monoisotopic (exact) mass is 500 g/mol. The number of hydrogen-bond donors (Lipinski definition) is 1. The maximum absolute atomic E-state index is 12.1. The fourth-order valence-corrected chi connectivity index (χ4v) is 3.22. The third-order valence-electron chi connectivity index (χ3n) is 4.29. The van der Waals surface area contributed by atoms with E-state index in [1.54, 1.807) is 6.21 Å². The molecule has 3 aromatic carbocycles. The van der Waals surface area contributed by atoms with Gasteiger partial charge in [-0.3, -0.25) is 4.79 Å². The summed E-state index contributed by atoms with van der Waals surface area (Å²) in [5, 5.41) is 4.70. The molecule has 5 nitrogen and oxygen atoms in total. The Morgan fingerprint density at radius 2 is 1.84 bits per heavy atom. The summed E-state index contributed by atoms with van der Waals surface area (Å²) in [7, 11) is 0. The molecule has 0 aliphatic carbocycles. The fourth-order valence-electron chi connectivity index (χ4n) is 2.77. The van der Waals surface area contributed by atoms with Gasteiger partial charge in [0.25, 0.3) is 0 Å². The molecule has 0 aliphatic rings. The predicted molar refractivity (Wildman–Crippen MR) is 127 cm³/mol. The highest BCUT2D eigenvalue weighted by atomic mass is 79.9. The second-order valence-electron chi connectivity index (χ2n) is 6.62. The lowest BCUT2D eigenvalue weighted by Gasteiger charge is -2.13. The quantitative estimate of drug-likeness (QED) is 0.299. The Labute approximate surface area is 195 Å². The first-order valence-corrected chi connectivity index (χ1v) is 10.9. The first-order chi connectivity index (χ1) is 15.0. The molecule has 0 aliphatic heterocycles. The van der Waals surface area contributed by atoms with Crippen LogP contribution in [0.3, 0.4) is 0 Å². The first kappa shape index (κ1) is 22.8. The second-order valence-corrected chi connectivity index (χ2v) is 7.94. The molecule has 0 heterocycles. The van der Waals surface area contributed by atoms with Crippen LogP contribution in [0.5, 0.6) is 11.5 Å². The Kier molecular flexibility index (Phi) is 8.50. The first-order valence-electron chi connectivity index (χ1n) is 9.74. The van der Waals surface area contributed by atoms with Gasteiger partial charge in [-0.2, -0.15) is 5.10 Å². The maximum atomic E-state index is 12.1. The van der Waals surface area contributed by atoms with Gasteiger partial charge in [0.1, 0.15) is 6.61 Å². The maximum Gasteiger partial charge on any atom is 0.244 e. The van der Waals surface area contributed by atoms with E-state index in [4.69, 9.17) is 21.1 Å². The summed E-state index contributed by atoms with van der Waals surface area (Å²) in [5.74, 6) is 1.01. The van der Waals surface area contributed by atoms with Crippen molar-refractivity contribution < 1.29 is 14.3 Å². The largest absolute Gasteiger partial charge is 0.490 e. The molecule has 160 valence electrons. The van der Waals surface area contributed by atoms with Crippen molar-refractivity contribution in [3.63, 3.8) is 0 Å².